The second-order valence-electron chi connectivity index (χ2n) is 7.30. The van der Waals surface area contributed by atoms with Gasteiger partial charge < -0.3 is 4.42 Å². The Bertz CT molecular complexity index is 1340. The van der Waals surface area contributed by atoms with E-state index in [2.05, 4.69) is 17.8 Å². The Hall–Kier alpha value is -3.12. The van der Waals surface area contributed by atoms with E-state index in [4.69, 9.17) is 13.7 Å². The van der Waals surface area contributed by atoms with Crippen LogP contribution in [0.25, 0.3) is 38.0 Å². The molecule has 0 aliphatic rings. The molecule has 0 radical (unpaired) electrons. The highest BCUT2D eigenvalue weighted by Gasteiger charge is 2.23. The van der Waals surface area contributed by atoms with Gasteiger partial charge in [-0.2, -0.15) is 0 Å². The number of fused-ring (bicyclic) bond motifs is 3. The van der Waals surface area contributed by atoms with Gasteiger partial charge in [0.2, 0.25) is 5.69 Å². The van der Waals surface area contributed by atoms with Crippen LogP contribution in [0, 0.1) is 20.4 Å². The maximum atomic E-state index is 8.44. The number of hydrogen-bond donors (Lipinski definition) is 0. The van der Waals surface area contributed by atoms with E-state index in [0.29, 0.717) is 17.4 Å². The minimum atomic E-state index is -0.811. The molecule has 0 saturated carbocycles. The Labute approximate surface area is 162 Å². The van der Waals surface area contributed by atoms with E-state index in [0.717, 1.165) is 44.3 Å². The Balaban J connectivity index is 2.15. The molecule has 0 saturated heterocycles. The first-order valence-electron chi connectivity index (χ1n) is 9.97. The van der Waals surface area contributed by atoms with Crippen molar-refractivity contribution in [2.24, 2.45) is 7.05 Å². The lowest BCUT2D eigenvalue weighted by molar-refractivity contribution is -0.660. The van der Waals surface area contributed by atoms with Crippen LogP contribution in [0.5, 0.6) is 0 Å². The van der Waals surface area contributed by atoms with Crippen molar-refractivity contribution >= 4 is 27.6 Å². The fraction of sp³-hybridized carbons (Fsp3) is 0.250. The van der Waals surface area contributed by atoms with Crippen LogP contribution in [-0.4, -0.2) is 0 Å². The molecule has 0 spiro atoms. The molecule has 27 heavy (non-hydrogen) atoms. The fourth-order valence-electron chi connectivity index (χ4n) is 3.74. The van der Waals surface area contributed by atoms with Crippen LogP contribution in [0.1, 0.15) is 39.2 Å². The summed E-state index contributed by atoms with van der Waals surface area (Å²) in [7, 11) is 1.86. The summed E-state index contributed by atoms with van der Waals surface area (Å²) in [6.45, 7) is 15.0. The monoisotopic (exact) mass is 357 g/mol. The molecule has 4 rings (SSSR count). The van der Waals surface area contributed by atoms with Gasteiger partial charge in [-0.3, -0.25) is 0 Å². The normalized spacial score (nSPS) is 12.9. The third-order valence-corrected chi connectivity index (χ3v) is 5.15. The number of furan rings is 1. The molecule has 3 nitrogen and oxygen atoms in total. The highest BCUT2D eigenvalue weighted by Crippen LogP contribution is 2.40. The maximum Gasteiger partial charge on any atom is 0.216 e. The number of aryl methyl sites for hydroxylation is 2. The first-order chi connectivity index (χ1) is 13.6. The smallest absolute Gasteiger partial charge is 0.216 e. The van der Waals surface area contributed by atoms with Crippen molar-refractivity contribution in [1.29, 1.82) is 0 Å². The second kappa shape index (κ2) is 6.25. The zero-order chi connectivity index (χ0) is 21.1. The van der Waals surface area contributed by atoms with E-state index in [-0.39, 0.29) is 0 Å². The van der Waals surface area contributed by atoms with Crippen LogP contribution in [0.2, 0.25) is 0 Å². The van der Waals surface area contributed by atoms with E-state index in [1.165, 1.54) is 0 Å². The highest BCUT2D eigenvalue weighted by atomic mass is 16.3. The lowest BCUT2D eigenvalue weighted by atomic mass is 9.95. The van der Waals surface area contributed by atoms with Crippen molar-refractivity contribution < 1.29 is 11.7 Å². The van der Waals surface area contributed by atoms with Crippen molar-refractivity contribution in [3.63, 3.8) is 0 Å². The lowest BCUT2D eigenvalue weighted by Crippen LogP contribution is -2.31. The predicted octanol–water partition coefficient (Wildman–Crippen LogP) is 6.37. The predicted molar refractivity (Wildman–Crippen MR) is 110 cm³/mol. The Morgan fingerprint density at radius 2 is 1.93 bits per heavy atom. The number of pyridine rings is 1. The van der Waals surface area contributed by atoms with Crippen LogP contribution < -0.4 is 4.57 Å². The summed E-state index contributed by atoms with van der Waals surface area (Å²) in [5.74, 6) is -0.811. The van der Waals surface area contributed by atoms with Crippen LogP contribution in [0.3, 0.4) is 0 Å². The molecule has 4 aromatic rings. The second-order valence-corrected chi connectivity index (χ2v) is 7.30. The summed E-state index contributed by atoms with van der Waals surface area (Å²) >= 11 is 0. The third kappa shape index (κ3) is 2.69. The summed E-state index contributed by atoms with van der Waals surface area (Å²) in [6, 6.07) is 11.4. The van der Waals surface area contributed by atoms with E-state index in [9.17, 15) is 0 Å². The number of hydrogen-bond acceptors (Lipinski definition) is 1. The molecule has 0 amide bonds. The maximum absolute atomic E-state index is 8.44. The van der Waals surface area contributed by atoms with Gasteiger partial charge >= 0.3 is 0 Å². The van der Waals surface area contributed by atoms with Gasteiger partial charge in [0.1, 0.15) is 19.6 Å². The SMILES string of the molecule is [2H]c1cc(C([2H])(C)C)cc(-c2c(C)cc(C)c3c2oc2cc([N+]#[C-])ccc23)[n+]1C. The molecule has 2 heterocycles. The van der Waals surface area contributed by atoms with Crippen molar-refractivity contribution in [3.8, 4) is 11.3 Å². The number of rotatable bonds is 2. The fourth-order valence-corrected chi connectivity index (χ4v) is 3.74. The molecule has 0 atom stereocenters. The van der Waals surface area contributed by atoms with Crippen LogP contribution >= 0.6 is 0 Å². The Morgan fingerprint density at radius 3 is 2.63 bits per heavy atom. The standard InChI is InChI=1S/C24H23N2O/c1-14(2)17-9-10-26(6)20(12-17)23-16(4)11-15(3)22-19-8-7-18(25-5)13-21(19)27-24(22)23/h7-14H,1-4,6H3/q+1/i10D,14D. The van der Waals surface area contributed by atoms with Gasteiger partial charge in [-0.1, -0.05) is 32.0 Å². The van der Waals surface area contributed by atoms with Crippen LogP contribution in [-0.2, 0) is 7.05 Å². The Morgan fingerprint density at radius 1 is 1.15 bits per heavy atom. The quantitative estimate of drug-likeness (QED) is 0.302. The molecule has 2 aromatic heterocycles. The van der Waals surface area contributed by atoms with Crippen molar-refractivity contribution in [2.75, 3.05) is 0 Å². The van der Waals surface area contributed by atoms with Crippen LogP contribution in [0.15, 0.2) is 47.0 Å². The Kier molecular flexibility index (Phi) is 3.47. The van der Waals surface area contributed by atoms with Crippen molar-refractivity contribution in [3.05, 3.63) is 70.7 Å². The van der Waals surface area contributed by atoms with Gasteiger partial charge in [-0.05, 0) is 42.5 Å². The third-order valence-electron chi connectivity index (χ3n) is 5.15. The van der Waals surface area contributed by atoms with Gasteiger partial charge in [-0.15, -0.1) is 0 Å². The first kappa shape index (κ1) is 15.0. The number of nitrogens with zero attached hydrogens (tertiary/aromatic N) is 2. The number of aromatic nitrogens is 1. The average Bonchev–Trinajstić information content (AvgIpc) is 3.02. The summed E-state index contributed by atoms with van der Waals surface area (Å²) in [6.07, 6.45) is 0.345. The summed E-state index contributed by atoms with van der Waals surface area (Å²) in [5, 5.41) is 2.01. The van der Waals surface area contributed by atoms with Gasteiger partial charge in [0.05, 0.1) is 12.1 Å². The van der Waals surface area contributed by atoms with Gasteiger partial charge in [0, 0.05) is 24.3 Å². The lowest BCUT2D eigenvalue weighted by Gasteiger charge is -2.10. The minimum absolute atomic E-state index is 0.345. The van der Waals surface area contributed by atoms with E-state index >= 15 is 0 Å². The summed E-state index contributed by atoms with van der Waals surface area (Å²) in [4.78, 5) is 3.52. The van der Waals surface area contributed by atoms with Gasteiger partial charge in [-0.25, -0.2) is 9.41 Å². The molecule has 0 aliphatic carbocycles. The zero-order valence-corrected chi connectivity index (χ0v) is 16.3. The molecule has 0 unspecified atom stereocenters. The molecule has 0 aliphatic heterocycles. The summed E-state index contributed by atoms with van der Waals surface area (Å²) < 4.78 is 25.0. The van der Waals surface area contributed by atoms with Gasteiger partial charge in [0.25, 0.3) is 0 Å². The molecule has 2 aromatic carbocycles. The largest absolute Gasteiger partial charge is 0.456 e. The summed E-state index contributed by atoms with van der Waals surface area (Å²) in [5.41, 5.74) is 6.71. The molecule has 3 heteroatoms. The number of benzene rings is 2. The van der Waals surface area contributed by atoms with E-state index in [1.807, 2.05) is 50.6 Å². The molecule has 0 N–H and O–H groups in total. The van der Waals surface area contributed by atoms with E-state index in [1.54, 1.807) is 12.1 Å². The van der Waals surface area contributed by atoms with Crippen molar-refractivity contribution in [2.45, 2.75) is 33.6 Å². The first-order valence-corrected chi connectivity index (χ1v) is 8.97. The van der Waals surface area contributed by atoms with Gasteiger partial charge in [0.15, 0.2) is 11.9 Å². The molecule has 0 bridgehead atoms. The molecule has 134 valence electrons. The molecular weight excluding hydrogens is 332 g/mol. The topological polar surface area (TPSA) is 21.4 Å². The van der Waals surface area contributed by atoms with Crippen molar-refractivity contribution in [1.82, 2.24) is 0 Å². The van der Waals surface area contributed by atoms with Crippen LogP contribution in [0.4, 0.5) is 5.69 Å². The molecular formula is C24H23N2O+. The van der Waals surface area contributed by atoms with E-state index < -0.39 is 5.89 Å². The zero-order valence-electron chi connectivity index (χ0n) is 18.3. The minimum Gasteiger partial charge on any atom is -0.456 e. The molecule has 0 fully saturated rings. The average molecular weight is 357 g/mol. The highest BCUT2D eigenvalue weighted by molar-refractivity contribution is 6.12.